The van der Waals surface area contributed by atoms with Crippen LogP contribution < -0.4 is 9.47 Å². The molecule has 0 spiro atoms. The Morgan fingerprint density at radius 1 is 0.415 bits per heavy atom. The normalized spacial score (nSPS) is 11.7. The number of para-hydroxylation sites is 2. The molecule has 0 aliphatic carbocycles. The Hall–Kier alpha value is -2.56. The van der Waals surface area contributed by atoms with Crippen molar-refractivity contribution in [1.82, 2.24) is 0 Å². The van der Waals surface area contributed by atoms with E-state index in [1.54, 1.807) is 12.1 Å². The molecule has 0 aliphatic heterocycles. The molecule has 0 heterocycles. The molecule has 0 unspecified atom stereocenters. The summed E-state index contributed by atoms with van der Waals surface area (Å²) in [5.41, 5.74) is 1.01. The quantitative estimate of drug-likeness (QED) is 0.0299. The van der Waals surface area contributed by atoms with E-state index in [0.717, 1.165) is 19.3 Å². The molecule has 5 heteroatoms. The van der Waals surface area contributed by atoms with Gasteiger partial charge in [-0.05, 0) is 29.8 Å². The van der Waals surface area contributed by atoms with Gasteiger partial charge in [-0.3, -0.25) is 0 Å². The number of hydrogen-bond donors (Lipinski definition) is 0. The summed E-state index contributed by atoms with van der Waals surface area (Å²) in [7, 11) is 0. The Labute approximate surface area is 327 Å². The summed E-state index contributed by atoms with van der Waals surface area (Å²) >= 11 is 0. The number of hydrogen-bond acceptors (Lipinski definition) is 4. The highest BCUT2D eigenvalue weighted by Gasteiger charge is 2.15. The van der Waals surface area contributed by atoms with Crippen molar-refractivity contribution < 1.29 is 14.3 Å². The SMILES string of the molecule is CCCCCCCCCCCCCCCCCCOc1cccc(N=[N+]([O-])c2ccccc2)c1OCCCCCCCCCCCCCCCCCC. The first-order valence-electron chi connectivity index (χ1n) is 22.9. The third-order valence-electron chi connectivity index (χ3n) is 10.6. The second-order valence-electron chi connectivity index (χ2n) is 15.6. The number of ether oxygens (including phenoxy) is 2. The number of unbranched alkanes of at least 4 members (excludes halogenated alkanes) is 30. The molecule has 53 heavy (non-hydrogen) atoms. The van der Waals surface area contributed by atoms with E-state index in [0.29, 0.717) is 40.9 Å². The van der Waals surface area contributed by atoms with E-state index in [2.05, 4.69) is 19.0 Å². The molecule has 2 aromatic carbocycles. The molecule has 0 aromatic heterocycles. The van der Waals surface area contributed by atoms with E-state index in [-0.39, 0.29) is 0 Å². The maximum absolute atomic E-state index is 12.9. The lowest BCUT2D eigenvalue weighted by Gasteiger charge is -2.14. The van der Waals surface area contributed by atoms with E-state index >= 15 is 0 Å². The predicted octanol–water partition coefficient (Wildman–Crippen LogP) is 16.9. The van der Waals surface area contributed by atoms with Gasteiger partial charge in [0.1, 0.15) is 0 Å². The summed E-state index contributed by atoms with van der Waals surface area (Å²) in [5.74, 6) is 1.27. The molecule has 0 N–H and O–H groups in total. The summed E-state index contributed by atoms with van der Waals surface area (Å²) in [6, 6.07) is 14.8. The fourth-order valence-electron chi connectivity index (χ4n) is 7.21. The summed E-state index contributed by atoms with van der Waals surface area (Å²) in [5, 5.41) is 17.3. The predicted molar refractivity (Wildman–Crippen MR) is 228 cm³/mol. The fraction of sp³-hybridized carbons (Fsp3) is 0.750. The molecule has 0 aliphatic rings. The zero-order valence-electron chi connectivity index (χ0n) is 34.8. The van der Waals surface area contributed by atoms with Crippen molar-refractivity contribution in [2.75, 3.05) is 13.2 Å². The molecule has 0 amide bonds. The van der Waals surface area contributed by atoms with E-state index in [1.807, 2.05) is 36.4 Å². The molecular weight excluding hydrogens is 653 g/mol. The largest absolute Gasteiger partial charge is 0.594 e. The number of nitrogens with zero attached hydrogens (tertiary/aromatic N) is 2. The van der Waals surface area contributed by atoms with Crippen LogP contribution >= 0.6 is 0 Å². The first-order valence-corrected chi connectivity index (χ1v) is 22.9. The van der Waals surface area contributed by atoms with Crippen LogP contribution in [0.2, 0.25) is 0 Å². The Morgan fingerprint density at radius 2 is 0.774 bits per heavy atom. The molecule has 0 bridgehead atoms. The zero-order valence-corrected chi connectivity index (χ0v) is 34.8. The number of rotatable bonds is 38. The Bertz CT molecular complexity index is 1110. The van der Waals surface area contributed by atoms with Crippen molar-refractivity contribution in [2.45, 2.75) is 219 Å². The Morgan fingerprint density at radius 3 is 1.17 bits per heavy atom. The average Bonchev–Trinajstić information content (AvgIpc) is 3.18. The minimum Gasteiger partial charge on any atom is -0.594 e. The van der Waals surface area contributed by atoms with Gasteiger partial charge in [0, 0.05) is 17.2 Å². The van der Waals surface area contributed by atoms with Crippen molar-refractivity contribution in [3.8, 4) is 11.5 Å². The third-order valence-corrected chi connectivity index (χ3v) is 10.6. The molecule has 0 saturated heterocycles. The van der Waals surface area contributed by atoms with Crippen LogP contribution in [0.4, 0.5) is 11.4 Å². The zero-order chi connectivity index (χ0) is 37.7. The molecule has 302 valence electrons. The Balaban J connectivity index is 1.63. The minimum absolute atomic E-state index is 0.496. The van der Waals surface area contributed by atoms with Gasteiger partial charge in [-0.15, -0.1) is 0 Å². The third kappa shape index (κ3) is 26.0. The smallest absolute Gasteiger partial charge is 0.244 e. The maximum atomic E-state index is 12.9. The minimum atomic E-state index is 0.496. The molecule has 5 nitrogen and oxygen atoms in total. The second kappa shape index (κ2) is 35.2. The molecule has 0 fully saturated rings. The van der Waals surface area contributed by atoms with Gasteiger partial charge in [0.05, 0.1) is 13.2 Å². The van der Waals surface area contributed by atoms with Crippen LogP contribution in [0.15, 0.2) is 53.6 Å². The van der Waals surface area contributed by atoms with Gasteiger partial charge in [0.2, 0.25) is 5.69 Å². The van der Waals surface area contributed by atoms with Crippen molar-refractivity contribution >= 4 is 11.4 Å². The van der Waals surface area contributed by atoms with Crippen molar-refractivity contribution in [3.63, 3.8) is 0 Å². The monoisotopic (exact) mass is 735 g/mol. The Kier molecular flexibility index (Phi) is 30.9. The van der Waals surface area contributed by atoms with Crippen LogP contribution in [0, 0.1) is 5.21 Å². The summed E-state index contributed by atoms with van der Waals surface area (Å²) < 4.78 is 12.6. The van der Waals surface area contributed by atoms with Crippen LogP contribution in [0.1, 0.15) is 219 Å². The van der Waals surface area contributed by atoms with Crippen molar-refractivity contribution in [2.24, 2.45) is 5.11 Å². The second-order valence-corrected chi connectivity index (χ2v) is 15.6. The van der Waals surface area contributed by atoms with Crippen LogP contribution in [-0.2, 0) is 0 Å². The van der Waals surface area contributed by atoms with Gasteiger partial charge >= 0.3 is 0 Å². The molecule has 2 rings (SSSR count). The molecule has 0 atom stereocenters. The molecule has 0 saturated carbocycles. The molecular formula is C48H82N2O3. The van der Waals surface area contributed by atoms with Gasteiger partial charge in [-0.25, -0.2) is 0 Å². The summed E-state index contributed by atoms with van der Waals surface area (Å²) in [6.45, 7) is 5.83. The fourth-order valence-corrected chi connectivity index (χ4v) is 7.21. The van der Waals surface area contributed by atoms with Crippen molar-refractivity contribution in [3.05, 3.63) is 53.7 Å². The summed E-state index contributed by atoms with van der Waals surface area (Å²) in [6.07, 6.45) is 43.2. The molecule has 2 aromatic rings. The van der Waals surface area contributed by atoms with Gasteiger partial charge < -0.3 is 14.7 Å². The van der Waals surface area contributed by atoms with Gasteiger partial charge in [-0.1, -0.05) is 231 Å². The van der Waals surface area contributed by atoms with Crippen LogP contribution in [-0.4, -0.2) is 18.1 Å². The average molecular weight is 735 g/mol. The maximum Gasteiger partial charge on any atom is 0.244 e. The lowest BCUT2D eigenvalue weighted by molar-refractivity contribution is -0.435. The van der Waals surface area contributed by atoms with Crippen LogP contribution in [0.5, 0.6) is 11.5 Å². The lowest BCUT2D eigenvalue weighted by atomic mass is 10.0. The van der Waals surface area contributed by atoms with Gasteiger partial charge in [0.15, 0.2) is 17.2 Å². The first kappa shape index (κ1) is 46.6. The van der Waals surface area contributed by atoms with E-state index < -0.39 is 0 Å². The van der Waals surface area contributed by atoms with Gasteiger partial charge in [-0.2, -0.15) is 0 Å². The van der Waals surface area contributed by atoms with Gasteiger partial charge in [0.25, 0.3) is 0 Å². The molecule has 0 radical (unpaired) electrons. The van der Waals surface area contributed by atoms with E-state index in [4.69, 9.17) is 9.47 Å². The van der Waals surface area contributed by atoms with E-state index in [9.17, 15) is 5.21 Å². The standard InChI is InChI=1S/C48H82N2O3/c1-3-5-7-9-11-13-15-17-19-21-23-25-27-29-31-36-43-52-47-42-38-41-46(49-50(51)45-39-34-33-35-40-45)48(47)53-44-37-32-30-28-26-24-22-20-18-16-14-12-10-8-6-4-2/h33-35,38-42H,3-32,36-37,43-44H2,1-2H3. The van der Waals surface area contributed by atoms with Crippen LogP contribution in [0.3, 0.4) is 0 Å². The highest BCUT2D eigenvalue weighted by Crippen LogP contribution is 2.38. The highest BCUT2D eigenvalue weighted by molar-refractivity contribution is 5.59. The first-order chi connectivity index (χ1) is 26.3. The highest BCUT2D eigenvalue weighted by atomic mass is 16.5. The topological polar surface area (TPSA) is 56.9 Å². The summed E-state index contributed by atoms with van der Waals surface area (Å²) in [4.78, 5) is 0.677. The van der Waals surface area contributed by atoms with Crippen LogP contribution in [0.25, 0.3) is 0 Å². The van der Waals surface area contributed by atoms with Crippen molar-refractivity contribution in [1.29, 1.82) is 0 Å². The lowest BCUT2D eigenvalue weighted by Crippen LogP contribution is -2.03. The number of azo groups is 1. The number of benzene rings is 2. The van der Waals surface area contributed by atoms with E-state index in [1.165, 1.54) is 186 Å².